The summed E-state index contributed by atoms with van der Waals surface area (Å²) in [5, 5.41) is 3.33. The van der Waals surface area contributed by atoms with Gasteiger partial charge in [0.05, 0.1) is 12.1 Å². The molecule has 5 heteroatoms. The third kappa shape index (κ3) is 5.80. The number of unbranched alkanes of at least 4 members (excludes halogenated alkanes) is 1. The van der Waals surface area contributed by atoms with Crippen molar-refractivity contribution in [3.05, 3.63) is 23.2 Å². The lowest BCUT2D eigenvalue weighted by molar-refractivity contribution is -0.116. The van der Waals surface area contributed by atoms with Crippen LogP contribution in [0.5, 0.6) is 5.75 Å². The molecule has 0 fully saturated rings. The number of nitrogens with zero attached hydrogens (tertiary/aromatic N) is 1. The maximum Gasteiger partial charge on any atom is 0.225 e. The van der Waals surface area contributed by atoms with Crippen molar-refractivity contribution in [2.24, 2.45) is 0 Å². The first kappa shape index (κ1) is 16.8. The van der Waals surface area contributed by atoms with E-state index >= 15 is 0 Å². The molecule has 112 valence electrons. The number of rotatable bonds is 8. The standard InChI is InChI=1S/C15H23ClN2O2/c1-4-5-9-18(2)10-8-15(19)17-12-6-7-14(20-3)13(16)11-12/h6-7,11H,4-5,8-10H2,1-3H3,(H,17,19). The molecule has 20 heavy (non-hydrogen) atoms. The number of ether oxygens (including phenoxy) is 1. The molecule has 1 aromatic carbocycles. The van der Waals surface area contributed by atoms with Crippen molar-refractivity contribution in [2.45, 2.75) is 26.2 Å². The monoisotopic (exact) mass is 298 g/mol. The van der Waals surface area contributed by atoms with E-state index in [-0.39, 0.29) is 5.91 Å². The van der Waals surface area contributed by atoms with E-state index in [1.807, 2.05) is 7.05 Å². The van der Waals surface area contributed by atoms with E-state index in [0.717, 1.165) is 19.5 Å². The minimum atomic E-state index is -0.00502. The van der Waals surface area contributed by atoms with Crippen LogP contribution >= 0.6 is 11.6 Å². The molecule has 0 aliphatic rings. The normalized spacial score (nSPS) is 10.7. The fourth-order valence-electron chi connectivity index (χ4n) is 1.80. The molecule has 1 aromatic rings. The Kier molecular flexibility index (Phi) is 7.41. The van der Waals surface area contributed by atoms with Gasteiger partial charge in [-0.05, 0) is 38.2 Å². The summed E-state index contributed by atoms with van der Waals surface area (Å²) in [7, 11) is 3.60. The maximum absolute atomic E-state index is 11.8. The van der Waals surface area contributed by atoms with Crippen LogP contribution in [-0.2, 0) is 4.79 Å². The molecule has 0 heterocycles. The van der Waals surface area contributed by atoms with Crippen molar-refractivity contribution < 1.29 is 9.53 Å². The zero-order valence-corrected chi connectivity index (χ0v) is 13.2. The highest BCUT2D eigenvalue weighted by Gasteiger charge is 2.07. The van der Waals surface area contributed by atoms with Gasteiger partial charge in [-0.1, -0.05) is 24.9 Å². The van der Waals surface area contributed by atoms with E-state index < -0.39 is 0 Å². The second kappa shape index (κ2) is 8.82. The second-order valence-electron chi connectivity index (χ2n) is 4.80. The number of methoxy groups -OCH3 is 1. The molecular weight excluding hydrogens is 276 g/mol. The van der Waals surface area contributed by atoms with Gasteiger partial charge in [-0.15, -0.1) is 0 Å². The van der Waals surface area contributed by atoms with Crippen LogP contribution in [0.1, 0.15) is 26.2 Å². The van der Waals surface area contributed by atoms with Crippen LogP contribution in [-0.4, -0.2) is 38.1 Å². The lowest BCUT2D eigenvalue weighted by Crippen LogP contribution is -2.25. The zero-order chi connectivity index (χ0) is 15.0. The van der Waals surface area contributed by atoms with Crippen LogP contribution in [0, 0.1) is 0 Å². The number of hydrogen-bond donors (Lipinski definition) is 1. The van der Waals surface area contributed by atoms with Gasteiger partial charge in [0, 0.05) is 18.7 Å². The van der Waals surface area contributed by atoms with Crippen molar-refractivity contribution in [2.75, 3.05) is 32.6 Å². The molecule has 1 rings (SSSR count). The number of halogens is 1. The summed E-state index contributed by atoms with van der Waals surface area (Å²) in [5.74, 6) is 0.596. The molecule has 0 aliphatic carbocycles. The molecule has 0 bridgehead atoms. The van der Waals surface area contributed by atoms with E-state index in [2.05, 4.69) is 17.1 Å². The first-order valence-corrected chi connectivity index (χ1v) is 7.26. The molecular formula is C15H23ClN2O2. The molecule has 0 saturated heterocycles. The van der Waals surface area contributed by atoms with Crippen LogP contribution in [0.25, 0.3) is 0 Å². The van der Waals surface area contributed by atoms with Gasteiger partial charge < -0.3 is 15.0 Å². The van der Waals surface area contributed by atoms with Gasteiger partial charge in [0.1, 0.15) is 5.75 Å². The smallest absolute Gasteiger partial charge is 0.225 e. The van der Waals surface area contributed by atoms with E-state index in [1.165, 1.54) is 6.42 Å². The Balaban J connectivity index is 2.40. The SMILES string of the molecule is CCCCN(C)CCC(=O)Nc1ccc(OC)c(Cl)c1. The Bertz CT molecular complexity index is 438. The van der Waals surface area contributed by atoms with E-state index in [1.54, 1.807) is 25.3 Å². The molecule has 0 spiro atoms. The van der Waals surface area contributed by atoms with Crippen LogP contribution in [0.4, 0.5) is 5.69 Å². The molecule has 0 atom stereocenters. The van der Waals surface area contributed by atoms with Crippen LogP contribution in [0.15, 0.2) is 18.2 Å². The quantitative estimate of drug-likeness (QED) is 0.799. The van der Waals surface area contributed by atoms with Crippen molar-refractivity contribution in [1.29, 1.82) is 0 Å². The van der Waals surface area contributed by atoms with Gasteiger partial charge in [-0.2, -0.15) is 0 Å². The summed E-state index contributed by atoms with van der Waals surface area (Å²) < 4.78 is 5.07. The summed E-state index contributed by atoms with van der Waals surface area (Å²) in [6.07, 6.45) is 2.80. The Hall–Kier alpha value is -1.26. The van der Waals surface area contributed by atoms with Gasteiger partial charge in [0.15, 0.2) is 0 Å². The number of carbonyl (C=O) groups is 1. The minimum absolute atomic E-state index is 0.00502. The maximum atomic E-state index is 11.8. The number of nitrogens with one attached hydrogen (secondary N) is 1. The largest absolute Gasteiger partial charge is 0.495 e. The molecule has 0 unspecified atom stereocenters. The highest BCUT2D eigenvalue weighted by atomic mass is 35.5. The lowest BCUT2D eigenvalue weighted by atomic mass is 10.2. The number of anilines is 1. The zero-order valence-electron chi connectivity index (χ0n) is 12.4. The molecule has 0 aliphatic heterocycles. The summed E-state index contributed by atoms with van der Waals surface area (Å²) in [5.41, 5.74) is 0.692. The Morgan fingerprint density at radius 3 is 2.75 bits per heavy atom. The molecule has 0 radical (unpaired) electrons. The van der Waals surface area contributed by atoms with Gasteiger partial charge in [-0.3, -0.25) is 4.79 Å². The van der Waals surface area contributed by atoms with Crippen molar-refractivity contribution in [3.63, 3.8) is 0 Å². The van der Waals surface area contributed by atoms with E-state index in [9.17, 15) is 4.79 Å². The summed E-state index contributed by atoms with van der Waals surface area (Å²) in [6, 6.07) is 5.22. The van der Waals surface area contributed by atoms with E-state index in [0.29, 0.717) is 22.9 Å². The third-order valence-corrected chi connectivity index (χ3v) is 3.34. The Labute approximate surface area is 126 Å². The van der Waals surface area contributed by atoms with Crippen LogP contribution in [0.3, 0.4) is 0 Å². The fraction of sp³-hybridized carbons (Fsp3) is 0.533. The number of amides is 1. The molecule has 0 aromatic heterocycles. The van der Waals surface area contributed by atoms with Crippen molar-refractivity contribution >= 4 is 23.2 Å². The van der Waals surface area contributed by atoms with Gasteiger partial charge in [0.25, 0.3) is 0 Å². The highest BCUT2D eigenvalue weighted by Crippen LogP contribution is 2.27. The van der Waals surface area contributed by atoms with Gasteiger partial charge in [0.2, 0.25) is 5.91 Å². The first-order chi connectivity index (χ1) is 9.56. The number of carbonyl (C=O) groups excluding carboxylic acids is 1. The van der Waals surface area contributed by atoms with Crippen molar-refractivity contribution in [1.82, 2.24) is 4.90 Å². The summed E-state index contributed by atoms with van der Waals surface area (Å²) in [6.45, 7) is 3.95. The highest BCUT2D eigenvalue weighted by molar-refractivity contribution is 6.32. The fourth-order valence-corrected chi connectivity index (χ4v) is 2.06. The number of benzene rings is 1. The third-order valence-electron chi connectivity index (χ3n) is 3.05. The van der Waals surface area contributed by atoms with Crippen molar-refractivity contribution in [3.8, 4) is 5.75 Å². The first-order valence-electron chi connectivity index (χ1n) is 6.88. The minimum Gasteiger partial charge on any atom is -0.495 e. The van der Waals surface area contributed by atoms with Gasteiger partial charge >= 0.3 is 0 Å². The topological polar surface area (TPSA) is 41.6 Å². The molecule has 0 saturated carbocycles. The second-order valence-corrected chi connectivity index (χ2v) is 5.21. The van der Waals surface area contributed by atoms with Gasteiger partial charge in [-0.25, -0.2) is 0 Å². The lowest BCUT2D eigenvalue weighted by Gasteiger charge is -2.15. The number of hydrogen-bond acceptors (Lipinski definition) is 3. The van der Waals surface area contributed by atoms with Crippen LogP contribution in [0.2, 0.25) is 5.02 Å². The molecule has 1 N–H and O–H groups in total. The molecule has 4 nitrogen and oxygen atoms in total. The Morgan fingerprint density at radius 1 is 1.40 bits per heavy atom. The predicted molar refractivity (Wildman–Crippen MR) is 83.7 cm³/mol. The Morgan fingerprint density at radius 2 is 2.15 bits per heavy atom. The van der Waals surface area contributed by atoms with Crippen LogP contribution < -0.4 is 10.1 Å². The summed E-state index contributed by atoms with van der Waals surface area (Å²) in [4.78, 5) is 14.0. The average molecular weight is 299 g/mol. The average Bonchev–Trinajstić information content (AvgIpc) is 2.43. The van der Waals surface area contributed by atoms with E-state index in [4.69, 9.17) is 16.3 Å². The molecule has 1 amide bonds. The summed E-state index contributed by atoms with van der Waals surface area (Å²) >= 11 is 6.01. The predicted octanol–water partition coefficient (Wildman–Crippen LogP) is 3.41.